The number of thiophene rings is 1. The minimum Gasteiger partial charge on any atom is -0.481 e. The van der Waals surface area contributed by atoms with E-state index in [9.17, 15) is 4.79 Å². The molecule has 0 spiro atoms. The van der Waals surface area contributed by atoms with Crippen LogP contribution in [0.2, 0.25) is 10.0 Å². The lowest BCUT2D eigenvalue weighted by Crippen LogP contribution is -2.07. The fraction of sp³-hybridized carbons (Fsp3) is 0.150. The van der Waals surface area contributed by atoms with Crippen LogP contribution in [0.3, 0.4) is 0 Å². The third-order valence-electron chi connectivity index (χ3n) is 4.29. The first-order chi connectivity index (χ1) is 13.5. The van der Waals surface area contributed by atoms with Gasteiger partial charge in [0.25, 0.3) is 0 Å². The van der Waals surface area contributed by atoms with Crippen LogP contribution in [0, 0.1) is 0 Å². The molecule has 28 heavy (non-hydrogen) atoms. The summed E-state index contributed by atoms with van der Waals surface area (Å²) in [6.07, 6.45) is 0.267. The Morgan fingerprint density at radius 3 is 2.71 bits per heavy atom. The van der Waals surface area contributed by atoms with Gasteiger partial charge in [0.05, 0.1) is 21.9 Å². The van der Waals surface area contributed by atoms with Gasteiger partial charge in [0, 0.05) is 23.1 Å². The molecule has 4 rings (SSSR count). The van der Waals surface area contributed by atoms with Gasteiger partial charge >= 0.3 is 5.97 Å². The molecule has 0 aliphatic rings. The SMILES string of the molecule is O=C(O)CCc1nc(NCc2ccc(Cl)c(Cl)c2)c2c(n1)sc1ccccc12. The number of carbonyl (C=O) groups is 1. The first-order valence-corrected chi connectivity index (χ1v) is 10.2. The summed E-state index contributed by atoms with van der Waals surface area (Å²) in [5.41, 5.74) is 0.966. The molecule has 2 N–H and O–H groups in total. The van der Waals surface area contributed by atoms with Gasteiger partial charge in [-0.2, -0.15) is 0 Å². The number of carboxylic acids is 1. The van der Waals surface area contributed by atoms with Crippen LogP contribution < -0.4 is 5.32 Å². The van der Waals surface area contributed by atoms with E-state index < -0.39 is 5.97 Å². The summed E-state index contributed by atoms with van der Waals surface area (Å²) in [5, 5.41) is 15.4. The Kier molecular flexibility index (Phi) is 5.35. The van der Waals surface area contributed by atoms with E-state index in [0.29, 0.717) is 28.2 Å². The summed E-state index contributed by atoms with van der Waals surface area (Å²) < 4.78 is 1.11. The number of aryl methyl sites for hydroxylation is 1. The smallest absolute Gasteiger partial charge is 0.303 e. The number of benzene rings is 2. The first-order valence-electron chi connectivity index (χ1n) is 8.59. The molecule has 2 aromatic heterocycles. The molecule has 0 radical (unpaired) electrons. The molecule has 0 bridgehead atoms. The first kappa shape index (κ1) is 18.9. The van der Waals surface area contributed by atoms with Gasteiger partial charge in [-0.1, -0.05) is 47.5 Å². The van der Waals surface area contributed by atoms with Crippen LogP contribution in [0.1, 0.15) is 17.8 Å². The van der Waals surface area contributed by atoms with Gasteiger partial charge < -0.3 is 10.4 Å². The number of carboxylic acid groups (broad SMARTS) is 1. The second-order valence-electron chi connectivity index (χ2n) is 6.26. The van der Waals surface area contributed by atoms with E-state index in [2.05, 4.69) is 15.3 Å². The fourth-order valence-electron chi connectivity index (χ4n) is 2.96. The maximum absolute atomic E-state index is 10.9. The van der Waals surface area contributed by atoms with Crippen LogP contribution in [0.25, 0.3) is 20.3 Å². The van der Waals surface area contributed by atoms with E-state index in [4.69, 9.17) is 28.3 Å². The number of hydrogen-bond acceptors (Lipinski definition) is 5. The number of nitrogens with zero attached hydrogens (tertiary/aromatic N) is 2. The van der Waals surface area contributed by atoms with Crippen LogP contribution in [0.4, 0.5) is 5.82 Å². The predicted octanol–water partition coefficient (Wildman–Crippen LogP) is 5.78. The van der Waals surface area contributed by atoms with Crippen molar-refractivity contribution >= 4 is 66.6 Å². The number of hydrogen-bond donors (Lipinski definition) is 2. The van der Waals surface area contributed by atoms with Gasteiger partial charge in [0.2, 0.25) is 0 Å². The van der Waals surface area contributed by atoms with Gasteiger partial charge in [0.15, 0.2) is 0 Å². The molecule has 0 atom stereocenters. The molecular formula is C20H15Cl2N3O2S. The molecule has 4 aromatic rings. The standard InChI is InChI=1S/C20H15Cl2N3O2S/c21-13-6-5-11(9-14(13)22)10-23-19-18-12-3-1-2-4-15(12)28-20(18)25-16(24-19)7-8-17(26)27/h1-6,9H,7-8,10H2,(H,26,27)(H,23,24,25). The second-order valence-corrected chi connectivity index (χ2v) is 8.11. The Bertz CT molecular complexity index is 1190. The summed E-state index contributed by atoms with van der Waals surface area (Å²) in [5.74, 6) is 0.331. The lowest BCUT2D eigenvalue weighted by atomic mass is 10.2. The van der Waals surface area contributed by atoms with Gasteiger partial charge in [0.1, 0.15) is 16.5 Å². The van der Waals surface area contributed by atoms with Gasteiger partial charge in [-0.05, 0) is 23.8 Å². The molecular weight excluding hydrogens is 417 g/mol. The van der Waals surface area contributed by atoms with Crippen LogP contribution >= 0.6 is 34.5 Å². The molecule has 0 unspecified atom stereocenters. The number of aromatic nitrogens is 2. The molecule has 2 heterocycles. The largest absolute Gasteiger partial charge is 0.481 e. The van der Waals surface area contributed by atoms with Crippen LogP contribution in [0.15, 0.2) is 42.5 Å². The fourth-order valence-corrected chi connectivity index (χ4v) is 4.38. The third-order valence-corrected chi connectivity index (χ3v) is 6.10. The van der Waals surface area contributed by atoms with Crippen molar-refractivity contribution in [1.29, 1.82) is 0 Å². The number of nitrogens with one attached hydrogen (secondary N) is 1. The Morgan fingerprint density at radius 1 is 1.11 bits per heavy atom. The summed E-state index contributed by atoms with van der Waals surface area (Å²) in [6, 6.07) is 13.5. The van der Waals surface area contributed by atoms with E-state index in [1.807, 2.05) is 36.4 Å². The minimum atomic E-state index is -0.870. The predicted molar refractivity (Wildman–Crippen MR) is 115 cm³/mol. The number of anilines is 1. The minimum absolute atomic E-state index is 0.0113. The van der Waals surface area contributed by atoms with Crippen LogP contribution in [-0.2, 0) is 17.8 Å². The quantitative estimate of drug-likeness (QED) is 0.404. The van der Waals surface area contributed by atoms with Crippen molar-refractivity contribution in [3.05, 3.63) is 63.9 Å². The van der Waals surface area contributed by atoms with Crippen molar-refractivity contribution in [3.63, 3.8) is 0 Å². The van der Waals surface area contributed by atoms with E-state index in [1.54, 1.807) is 17.4 Å². The van der Waals surface area contributed by atoms with Crippen molar-refractivity contribution in [1.82, 2.24) is 9.97 Å². The molecule has 0 saturated heterocycles. The van der Waals surface area contributed by atoms with Gasteiger partial charge in [-0.15, -0.1) is 11.3 Å². The van der Waals surface area contributed by atoms with E-state index in [1.165, 1.54) is 0 Å². The molecule has 0 saturated carbocycles. The van der Waals surface area contributed by atoms with Crippen molar-refractivity contribution in [2.45, 2.75) is 19.4 Å². The van der Waals surface area contributed by atoms with Crippen LogP contribution in [0.5, 0.6) is 0 Å². The Hall–Kier alpha value is -2.41. The Balaban J connectivity index is 1.74. The van der Waals surface area contributed by atoms with Crippen molar-refractivity contribution in [2.75, 3.05) is 5.32 Å². The number of aliphatic carboxylic acids is 1. The Labute approximate surface area is 175 Å². The molecule has 0 amide bonds. The van der Waals surface area contributed by atoms with Crippen molar-refractivity contribution in [3.8, 4) is 0 Å². The zero-order valence-electron chi connectivity index (χ0n) is 14.6. The normalized spacial score (nSPS) is 11.2. The van der Waals surface area contributed by atoms with E-state index in [0.717, 1.165) is 25.9 Å². The summed E-state index contributed by atoms with van der Waals surface area (Å²) >= 11 is 13.7. The monoisotopic (exact) mass is 431 g/mol. The van der Waals surface area contributed by atoms with E-state index in [-0.39, 0.29) is 12.8 Å². The number of halogens is 2. The van der Waals surface area contributed by atoms with Gasteiger partial charge in [-0.25, -0.2) is 9.97 Å². The molecule has 0 aliphatic heterocycles. The van der Waals surface area contributed by atoms with E-state index >= 15 is 0 Å². The maximum Gasteiger partial charge on any atom is 0.303 e. The molecule has 0 fully saturated rings. The summed E-state index contributed by atoms with van der Waals surface area (Å²) in [6.45, 7) is 0.506. The molecule has 0 aliphatic carbocycles. The summed E-state index contributed by atoms with van der Waals surface area (Å²) in [4.78, 5) is 21.0. The highest BCUT2D eigenvalue weighted by atomic mass is 35.5. The Morgan fingerprint density at radius 2 is 1.93 bits per heavy atom. The highest BCUT2D eigenvalue weighted by molar-refractivity contribution is 7.25. The zero-order valence-corrected chi connectivity index (χ0v) is 16.9. The van der Waals surface area contributed by atoms with Crippen molar-refractivity contribution in [2.24, 2.45) is 0 Å². The zero-order chi connectivity index (χ0) is 19.7. The maximum atomic E-state index is 10.9. The topological polar surface area (TPSA) is 75.1 Å². The highest BCUT2D eigenvalue weighted by Gasteiger charge is 2.15. The number of rotatable bonds is 6. The van der Waals surface area contributed by atoms with Crippen molar-refractivity contribution < 1.29 is 9.90 Å². The molecule has 5 nitrogen and oxygen atoms in total. The average Bonchev–Trinajstić information content (AvgIpc) is 3.05. The lowest BCUT2D eigenvalue weighted by Gasteiger charge is -2.10. The van der Waals surface area contributed by atoms with Gasteiger partial charge in [-0.3, -0.25) is 4.79 Å². The third kappa shape index (κ3) is 3.90. The summed E-state index contributed by atoms with van der Waals surface area (Å²) in [7, 11) is 0. The molecule has 2 aromatic carbocycles. The number of fused-ring (bicyclic) bond motifs is 3. The molecule has 142 valence electrons. The van der Waals surface area contributed by atoms with Crippen LogP contribution in [-0.4, -0.2) is 21.0 Å². The highest BCUT2D eigenvalue weighted by Crippen LogP contribution is 2.36. The molecule has 8 heteroatoms. The second kappa shape index (κ2) is 7.91. The lowest BCUT2D eigenvalue weighted by molar-refractivity contribution is -0.137. The average molecular weight is 432 g/mol.